The summed E-state index contributed by atoms with van der Waals surface area (Å²) in [7, 11) is -4.29. The van der Waals surface area contributed by atoms with Crippen LogP contribution in [0.15, 0.2) is 0 Å². The van der Waals surface area contributed by atoms with Crippen LogP contribution < -0.4 is 15.4 Å². The lowest BCUT2D eigenvalue weighted by molar-refractivity contribution is -0.139. The Morgan fingerprint density at radius 3 is 2.36 bits per heavy atom. The predicted molar refractivity (Wildman–Crippen MR) is 142 cm³/mol. The average Bonchev–Trinajstić information content (AvgIpc) is 3.71. The molecule has 13 heteroatoms. The molecule has 0 bridgehead atoms. The number of ether oxygens (including phenoxy) is 1. The van der Waals surface area contributed by atoms with Crippen LogP contribution in [0.5, 0.6) is 0 Å². The molecule has 3 atom stereocenters. The quantitative estimate of drug-likeness (QED) is 0.267. The van der Waals surface area contributed by atoms with Crippen LogP contribution >= 0.6 is 0 Å². The number of unbranched alkanes of at least 4 members (excludes halogenated alkanes) is 4. The topological polar surface area (TPSA) is 160 Å². The number of carbonyl (C=O) groups is 4. The fourth-order valence-electron chi connectivity index (χ4n) is 4.94. The van der Waals surface area contributed by atoms with E-state index in [4.69, 9.17) is 8.92 Å². The van der Waals surface area contributed by atoms with Crippen molar-refractivity contribution < 1.29 is 36.5 Å². The van der Waals surface area contributed by atoms with Crippen molar-refractivity contribution in [3.05, 3.63) is 0 Å². The molecule has 0 aromatic carbocycles. The van der Waals surface area contributed by atoms with Crippen LogP contribution in [0.4, 0.5) is 4.79 Å². The number of rotatable bonds is 14. The molecule has 3 aliphatic rings. The lowest BCUT2D eigenvalue weighted by Gasteiger charge is -2.27. The Bertz CT molecular complexity index is 1020. The van der Waals surface area contributed by atoms with Gasteiger partial charge in [-0.3, -0.25) is 18.6 Å². The van der Waals surface area contributed by atoms with Gasteiger partial charge >= 0.3 is 16.4 Å². The molecule has 39 heavy (non-hydrogen) atoms. The van der Waals surface area contributed by atoms with Crippen LogP contribution in [0.25, 0.3) is 0 Å². The molecule has 0 unspecified atom stereocenters. The Morgan fingerprint density at radius 1 is 1.03 bits per heavy atom. The maximum atomic E-state index is 13.4. The van der Waals surface area contributed by atoms with E-state index in [0.29, 0.717) is 45.1 Å². The molecule has 0 radical (unpaired) electrons. The highest BCUT2D eigenvalue weighted by Gasteiger charge is 2.62. The van der Waals surface area contributed by atoms with Crippen molar-refractivity contribution >= 4 is 34.1 Å². The molecule has 1 saturated heterocycles. The minimum atomic E-state index is -4.29. The summed E-state index contributed by atoms with van der Waals surface area (Å²) in [6.45, 7) is 7.25. The van der Waals surface area contributed by atoms with E-state index in [2.05, 4.69) is 17.6 Å². The molecule has 2 aliphatic carbocycles. The van der Waals surface area contributed by atoms with E-state index in [9.17, 15) is 27.6 Å². The maximum absolute atomic E-state index is 13.4. The third-order valence-electron chi connectivity index (χ3n) is 7.18. The Kier molecular flexibility index (Phi) is 10.2. The number of likely N-dealkylation sites (tertiary alicyclic amines) is 1. The van der Waals surface area contributed by atoms with Gasteiger partial charge in [-0.05, 0) is 65.2 Å². The standard InChI is InChI=1S/C26H44N4O8S/c1-5-6-7-8-9-11-18-16-26(18,23(33)29-39(35,36)38-19-13-14-19)28-22(32)20-12-10-15-30(20)21(31)17-27-24(34)37-25(2,3)4/h18-20H,5-17H2,1-4H3,(H,27,34)(H,28,32)(H,29,33)/t18-,20+,26-/m1/s1. The van der Waals surface area contributed by atoms with Crippen molar-refractivity contribution in [2.24, 2.45) is 5.92 Å². The van der Waals surface area contributed by atoms with Gasteiger partial charge in [0, 0.05) is 6.54 Å². The summed E-state index contributed by atoms with van der Waals surface area (Å²) in [6, 6.07) is -0.826. The summed E-state index contributed by atoms with van der Waals surface area (Å²) in [6.07, 6.45) is 7.22. The Morgan fingerprint density at radius 2 is 1.72 bits per heavy atom. The fourth-order valence-corrected chi connectivity index (χ4v) is 5.95. The summed E-state index contributed by atoms with van der Waals surface area (Å²) < 4.78 is 36.8. The highest BCUT2D eigenvalue weighted by molar-refractivity contribution is 7.85. The van der Waals surface area contributed by atoms with Crippen LogP contribution in [0.3, 0.4) is 0 Å². The Labute approximate surface area is 231 Å². The van der Waals surface area contributed by atoms with E-state index in [1.165, 1.54) is 4.90 Å². The molecule has 3 fully saturated rings. The van der Waals surface area contributed by atoms with Crippen molar-refractivity contribution in [1.82, 2.24) is 20.3 Å². The molecule has 0 spiro atoms. The fraction of sp³-hybridized carbons (Fsp3) is 0.846. The van der Waals surface area contributed by atoms with Gasteiger partial charge in [-0.2, -0.15) is 8.42 Å². The van der Waals surface area contributed by atoms with Crippen molar-refractivity contribution in [2.45, 2.75) is 122 Å². The molecule has 0 aromatic heterocycles. The lowest BCUT2D eigenvalue weighted by Crippen LogP contribution is -2.57. The molecular formula is C26H44N4O8S. The van der Waals surface area contributed by atoms with E-state index in [1.54, 1.807) is 20.8 Å². The van der Waals surface area contributed by atoms with Gasteiger partial charge in [-0.1, -0.05) is 39.0 Å². The second kappa shape index (κ2) is 12.8. The highest BCUT2D eigenvalue weighted by Crippen LogP contribution is 2.47. The molecule has 222 valence electrons. The molecule has 12 nitrogen and oxygen atoms in total. The van der Waals surface area contributed by atoms with E-state index < -0.39 is 57.4 Å². The number of amides is 4. The first-order valence-corrected chi connectivity index (χ1v) is 15.5. The van der Waals surface area contributed by atoms with E-state index >= 15 is 0 Å². The molecule has 3 rings (SSSR count). The van der Waals surface area contributed by atoms with Crippen LogP contribution in [-0.2, 0) is 33.6 Å². The van der Waals surface area contributed by atoms with Gasteiger partial charge in [0.25, 0.3) is 5.91 Å². The molecule has 4 amide bonds. The Balaban J connectivity index is 1.62. The third kappa shape index (κ3) is 9.33. The first kappa shape index (κ1) is 31.1. The van der Waals surface area contributed by atoms with Gasteiger partial charge in [-0.15, -0.1) is 0 Å². The van der Waals surface area contributed by atoms with Gasteiger partial charge in [0.2, 0.25) is 11.8 Å². The largest absolute Gasteiger partial charge is 0.444 e. The van der Waals surface area contributed by atoms with Crippen LogP contribution in [0.1, 0.15) is 98.3 Å². The number of carbonyl (C=O) groups excluding carboxylic acids is 4. The van der Waals surface area contributed by atoms with Crippen LogP contribution in [-0.4, -0.2) is 73.5 Å². The summed E-state index contributed by atoms with van der Waals surface area (Å²) >= 11 is 0. The number of nitrogens with one attached hydrogen (secondary N) is 3. The van der Waals surface area contributed by atoms with Crippen molar-refractivity contribution in [2.75, 3.05) is 13.1 Å². The van der Waals surface area contributed by atoms with E-state index in [-0.39, 0.29) is 12.5 Å². The molecule has 0 aromatic rings. The zero-order valence-corrected chi connectivity index (χ0v) is 24.4. The minimum absolute atomic E-state index is 0.210. The summed E-state index contributed by atoms with van der Waals surface area (Å²) in [4.78, 5) is 52.8. The first-order chi connectivity index (χ1) is 18.3. The molecular weight excluding hydrogens is 528 g/mol. The second-order valence-electron chi connectivity index (χ2n) is 11.8. The van der Waals surface area contributed by atoms with Crippen molar-refractivity contribution in [3.63, 3.8) is 0 Å². The number of alkyl carbamates (subject to hydrolysis) is 1. The highest BCUT2D eigenvalue weighted by atomic mass is 32.2. The smallest absolute Gasteiger partial charge is 0.408 e. The van der Waals surface area contributed by atoms with Gasteiger partial charge in [-0.25, -0.2) is 9.52 Å². The summed E-state index contributed by atoms with van der Waals surface area (Å²) in [5.41, 5.74) is -2.08. The first-order valence-electron chi connectivity index (χ1n) is 14.1. The molecule has 3 N–H and O–H groups in total. The minimum Gasteiger partial charge on any atom is -0.444 e. The Hall–Kier alpha value is -2.41. The lowest BCUT2D eigenvalue weighted by atomic mass is 10.0. The predicted octanol–water partition coefficient (Wildman–Crippen LogP) is 2.28. The van der Waals surface area contributed by atoms with Gasteiger partial charge in [0.1, 0.15) is 23.7 Å². The van der Waals surface area contributed by atoms with Crippen LogP contribution in [0, 0.1) is 5.92 Å². The average molecular weight is 573 g/mol. The normalized spacial score (nSPS) is 24.7. The van der Waals surface area contributed by atoms with Gasteiger partial charge in [0.15, 0.2) is 0 Å². The van der Waals surface area contributed by atoms with Gasteiger partial charge in [0.05, 0.1) is 6.10 Å². The molecule has 1 aliphatic heterocycles. The summed E-state index contributed by atoms with van der Waals surface area (Å²) in [5, 5.41) is 5.22. The number of hydrogen-bond donors (Lipinski definition) is 3. The number of nitrogens with zero attached hydrogens (tertiary/aromatic N) is 1. The van der Waals surface area contributed by atoms with Gasteiger partial charge < -0.3 is 20.3 Å². The zero-order chi connectivity index (χ0) is 28.8. The molecule has 2 saturated carbocycles. The summed E-state index contributed by atoms with van der Waals surface area (Å²) in [5.74, 6) is -1.97. The van der Waals surface area contributed by atoms with E-state index in [0.717, 1.165) is 32.1 Å². The maximum Gasteiger partial charge on any atom is 0.408 e. The zero-order valence-electron chi connectivity index (χ0n) is 23.5. The van der Waals surface area contributed by atoms with Crippen molar-refractivity contribution in [3.8, 4) is 0 Å². The SMILES string of the molecule is CCCCCCC[C@@H]1C[C@]1(NC(=O)[C@@H]1CCCN1C(=O)CNC(=O)OC(C)(C)C)C(=O)NS(=O)(=O)OC1CC1. The van der Waals surface area contributed by atoms with Crippen molar-refractivity contribution in [1.29, 1.82) is 0 Å². The number of hydrogen-bond acceptors (Lipinski definition) is 8. The third-order valence-corrected chi connectivity index (χ3v) is 8.14. The second-order valence-corrected chi connectivity index (χ2v) is 13.2. The van der Waals surface area contributed by atoms with E-state index in [1.807, 2.05) is 4.72 Å². The monoisotopic (exact) mass is 572 g/mol. The molecule has 1 heterocycles. The van der Waals surface area contributed by atoms with Crippen LogP contribution in [0.2, 0.25) is 0 Å².